The molecule has 3 aromatic rings. The molecule has 0 saturated heterocycles. The molecule has 2 aromatic carbocycles. The molecule has 0 aliphatic rings. The monoisotopic (exact) mass is 333 g/mol. The minimum atomic E-state index is -0.0100. The van der Waals surface area contributed by atoms with E-state index in [2.05, 4.69) is 4.98 Å². The van der Waals surface area contributed by atoms with Crippen LogP contribution in [-0.4, -0.2) is 23.6 Å². The summed E-state index contributed by atoms with van der Waals surface area (Å²) in [7, 11) is 1.57. The van der Waals surface area contributed by atoms with Crippen LogP contribution in [0.3, 0.4) is 0 Å². The molecule has 0 saturated carbocycles. The minimum absolute atomic E-state index is 0.0100. The van der Waals surface area contributed by atoms with E-state index >= 15 is 0 Å². The fourth-order valence-electron chi connectivity index (χ4n) is 1.95. The van der Waals surface area contributed by atoms with Gasteiger partial charge in [-0.25, -0.2) is 4.98 Å². The van der Waals surface area contributed by atoms with Gasteiger partial charge in [0.15, 0.2) is 11.4 Å². The van der Waals surface area contributed by atoms with Gasteiger partial charge < -0.3 is 9.15 Å². The van der Waals surface area contributed by atoms with Crippen LogP contribution in [0, 0.1) is 0 Å². The van der Waals surface area contributed by atoms with Crippen molar-refractivity contribution in [2.24, 2.45) is 0 Å². The number of ether oxygens (including phenoxy) is 1. The van der Waals surface area contributed by atoms with E-state index in [4.69, 9.17) is 20.8 Å². The van der Waals surface area contributed by atoms with Crippen LogP contribution in [0.15, 0.2) is 52.1 Å². The topological polar surface area (TPSA) is 52.3 Å². The van der Waals surface area contributed by atoms with Crippen LogP contribution >= 0.6 is 23.4 Å². The lowest BCUT2D eigenvalue weighted by molar-refractivity contribution is 0.102. The summed E-state index contributed by atoms with van der Waals surface area (Å²) >= 11 is 7.16. The third kappa shape index (κ3) is 3.26. The lowest BCUT2D eigenvalue weighted by Gasteiger charge is -2.02. The standard InChI is InChI=1S/C16H12ClNO3S/c1-20-12-4-2-3-10(7-12)14(19)9-22-16-18-13-6-5-11(17)8-15(13)21-16/h2-8H,9H2,1H3. The van der Waals surface area contributed by atoms with Gasteiger partial charge in [0.1, 0.15) is 11.3 Å². The predicted molar refractivity (Wildman–Crippen MR) is 87.1 cm³/mol. The van der Waals surface area contributed by atoms with E-state index in [0.717, 1.165) is 5.52 Å². The highest BCUT2D eigenvalue weighted by atomic mass is 35.5. The van der Waals surface area contributed by atoms with Crippen molar-refractivity contribution in [3.8, 4) is 5.75 Å². The number of fused-ring (bicyclic) bond motifs is 1. The van der Waals surface area contributed by atoms with E-state index < -0.39 is 0 Å². The zero-order chi connectivity index (χ0) is 15.5. The fourth-order valence-corrected chi connectivity index (χ4v) is 2.84. The number of rotatable bonds is 5. The number of aromatic nitrogens is 1. The second-order valence-corrected chi connectivity index (χ2v) is 5.90. The lowest BCUT2D eigenvalue weighted by atomic mass is 10.1. The molecule has 1 aromatic heterocycles. The van der Waals surface area contributed by atoms with E-state index in [1.165, 1.54) is 11.8 Å². The molecule has 0 bridgehead atoms. The Kier molecular flexibility index (Phi) is 4.36. The van der Waals surface area contributed by atoms with Gasteiger partial charge in [0.05, 0.1) is 12.9 Å². The van der Waals surface area contributed by atoms with Crippen molar-refractivity contribution >= 4 is 40.2 Å². The molecule has 0 spiro atoms. The Balaban J connectivity index is 1.71. The van der Waals surface area contributed by atoms with Gasteiger partial charge in [-0.15, -0.1) is 0 Å². The van der Waals surface area contributed by atoms with Crippen molar-refractivity contribution < 1.29 is 13.9 Å². The largest absolute Gasteiger partial charge is 0.497 e. The molecule has 1 heterocycles. The van der Waals surface area contributed by atoms with Crippen molar-refractivity contribution in [1.29, 1.82) is 0 Å². The molecular formula is C16H12ClNO3S. The van der Waals surface area contributed by atoms with Crippen LogP contribution < -0.4 is 4.74 Å². The highest BCUT2D eigenvalue weighted by Crippen LogP contribution is 2.26. The quantitative estimate of drug-likeness (QED) is 0.509. The molecule has 0 unspecified atom stereocenters. The van der Waals surface area contributed by atoms with Gasteiger partial charge in [0, 0.05) is 16.7 Å². The summed E-state index contributed by atoms with van der Waals surface area (Å²) in [5.74, 6) is 0.893. The van der Waals surface area contributed by atoms with Gasteiger partial charge in [-0.2, -0.15) is 0 Å². The third-order valence-electron chi connectivity index (χ3n) is 3.05. The number of hydrogen-bond acceptors (Lipinski definition) is 5. The Morgan fingerprint density at radius 3 is 3.00 bits per heavy atom. The summed E-state index contributed by atoms with van der Waals surface area (Å²) in [6, 6.07) is 12.3. The number of benzene rings is 2. The van der Waals surface area contributed by atoms with E-state index in [1.807, 2.05) is 0 Å². The first kappa shape index (κ1) is 14.9. The number of carbonyl (C=O) groups excluding carboxylic acids is 1. The molecule has 0 atom stereocenters. The van der Waals surface area contributed by atoms with Crippen LogP contribution in [0.25, 0.3) is 11.1 Å². The Morgan fingerprint density at radius 1 is 1.32 bits per heavy atom. The summed E-state index contributed by atoms with van der Waals surface area (Å²) < 4.78 is 10.7. The lowest BCUT2D eigenvalue weighted by Crippen LogP contribution is -2.02. The molecule has 22 heavy (non-hydrogen) atoms. The highest BCUT2D eigenvalue weighted by Gasteiger charge is 2.12. The third-order valence-corrected chi connectivity index (χ3v) is 4.11. The van der Waals surface area contributed by atoms with E-state index in [9.17, 15) is 4.79 Å². The highest BCUT2D eigenvalue weighted by molar-refractivity contribution is 7.99. The Bertz CT molecular complexity index is 831. The van der Waals surface area contributed by atoms with Gasteiger partial charge in [0.2, 0.25) is 0 Å². The van der Waals surface area contributed by atoms with Crippen molar-refractivity contribution in [2.75, 3.05) is 12.9 Å². The van der Waals surface area contributed by atoms with Gasteiger partial charge in [-0.3, -0.25) is 4.79 Å². The SMILES string of the molecule is COc1cccc(C(=O)CSc2nc3ccc(Cl)cc3o2)c1. The van der Waals surface area contributed by atoms with Crippen LogP contribution in [0.4, 0.5) is 0 Å². The second-order valence-electron chi connectivity index (χ2n) is 4.54. The first-order valence-corrected chi connectivity index (χ1v) is 7.88. The second kappa shape index (κ2) is 6.42. The van der Waals surface area contributed by atoms with Crippen LogP contribution in [-0.2, 0) is 0 Å². The molecule has 0 aliphatic heterocycles. The first-order valence-electron chi connectivity index (χ1n) is 6.52. The summed E-state index contributed by atoms with van der Waals surface area (Å²) in [6.45, 7) is 0. The summed E-state index contributed by atoms with van der Waals surface area (Å²) in [5.41, 5.74) is 1.94. The van der Waals surface area contributed by atoms with Gasteiger partial charge in [-0.1, -0.05) is 35.5 Å². The van der Waals surface area contributed by atoms with E-state index in [-0.39, 0.29) is 11.5 Å². The van der Waals surface area contributed by atoms with Crippen LogP contribution in [0.1, 0.15) is 10.4 Å². The van der Waals surface area contributed by atoms with Crippen LogP contribution in [0.2, 0.25) is 5.02 Å². The number of Topliss-reactive ketones (excluding diaryl/α,β-unsaturated/α-hetero) is 1. The van der Waals surface area contributed by atoms with Crippen molar-refractivity contribution in [2.45, 2.75) is 5.22 Å². The molecule has 4 nitrogen and oxygen atoms in total. The molecule has 112 valence electrons. The summed E-state index contributed by atoms with van der Waals surface area (Å²) in [4.78, 5) is 16.5. The van der Waals surface area contributed by atoms with Crippen molar-refractivity contribution in [3.63, 3.8) is 0 Å². The summed E-state index contributed by atoms with van der Waals surface area (Å²) in [6.07, 6.45) is 0. The molecule has 0 amide bonds. The molecule has 6 heteroatoms. The average molecular weight is 334 g/mol. The van der Waals surface area contributed by atoms with Crippen molar-refractivity contribution in [3.05, 3.63) is 53.1 Å². The number of carbonyl (C=O) groups is 1. The number of ketones is 1. The van der Waals surface area contributed by atoms with Crippen LogP contribution in [0.5, 0.6) is 5.75 Å². The molecule has 3 rings (SSSR count). The molecule has 0 radical (unpaired) electrons. The first-order chi connectivity index (χ1) is 10.7. The maximum atomic E-state index is 12.2. The number of methoxy groups -OCH3 is 1. The van der Waals surface area contributed by atoms with E-state index in [1.54, 1.807) is 49.6 Å². The normalized spacial score (nSPS) is 10.8. The fraction of sp³-hybridized carbons (Fsp3) is 0.125. The Labute approximate surface area is 136 Å². The number of hydrogen-bond donors (Lipinski definition) is 0. The van der Waals surface area contributed by atoms with Gasteiger partial charge in [-0.05, 0) is 24.3 Å². The predicted octanol–water partition coefficient (Wildman–Crippen LogP) is 4.46. The minimum Gasteiger partial charge on any atom is -0.497 e. The average Bonchev–Trinajstić information content (AvgIpc) is 2.94. The number of nitrogens with zero attached hydrogens (tertiary/aromatic N) is 1. The van der Waals surface area contributed by atoms with Crippen molar-refractivity contribution in [1.82, 2.24) is 4.98 Å². The number of halogens is 1. The van der Waals surface area contributed by atoms with E-state index in [0.29, 0.717) is 27.1 Å². The molecule has 0 N–H and O–H groups in total. The van der Waals surface area contributed by atoms with Gasteiger partial charge in [0.25, 0.3) is 5.22 Å². The molecular weight excluding hydrogens is 322 g/mol. The molecule has 0 aliphatic carbocycles. The smallest absolute Gasteiger partial charge is 0.257 e. The maximum Gasteiger partial charge on any atom is 0.257 e. The molecule has 0 fully saturated rings. The zero-order valence-corrected chi connectivity index (χ0v) is 13.3. The Hall–Kier alpha value is -1.98. The summed E-state index contributed by atoms with van der Waals surface area (Å²) in [5, 5.41) is 1.04. The maximum absolute atomic E-state index is 12.2. The Morgan fingerprint density at radius 2 is 2.18 bits per heavy atom. The van der Waals surface area contributed by atoms with Gasteiger partial charge >= 0.3 is 0 Å². The zero-order valence-electron chi connectivity index (χ0n) is 11.7. The number of oxazole rings is 1. The number of thioether (sulfide) groups is 1.